The van der Waals surface area contributed by atoms with E-state index in [0.29, 0.717) is 5.92 Å². The van der Waals surface area contributed by atoms with Gasteiger partial charge in [0.2, 0.25) is 0 Å². The second kappa shape index (κ2) is 6.59. The zero-order valence-electron chi connectivity index (χ0n) is 13.7. The Hall–Kier alpha value is -2.44. The molecule has 1 unspecified atom stereocenters. The number of amides is 1. The van der Waals surface area contributed by atoms with Crippen molar-refractivity contribution in [3.63, 3.8) is 0 Å². The summed E-state index contributed by atoms with van der Waals surface area (Å²) in [5, 5.41) is 6.94. The quantitative estimate of drug-likeness (QED) is 0.931. The van der Waals surface area contributed by atoms with E-state index in [1.54, 1.807) is 12.5 Å². The van der Waals surface area contributed by atoms with Crippen LogP contribution in [-0.4, -0.2) is 57.2 Å². The van der Waals surface area contributed by atoms with Crippen molar-refractivity contribution in [3.8, 4) is 0 Å². The number of H-pyrrole nitrogens is 1. The van der Waals surface area contributed by atoms with E-state index in [-0.39, 0.29) is 5.91 Å². The van der Waals surface area contributed by atoms with Gasteiger partial charge in [-0.1, -0.05) is 0 Å². The fourth-order valence-electron chi connectivity index (χ4n) is 3.71. The topological polar surface area (TPSA) is 78.0 Å². The van der Waals surface area contributed by atoms with Crippen molar-refractivity contribution in [2.75, 3.05) is 31.1 Å². The van der Waals surface area contributed by atoms with E-state index in [2.05, 4.69) is 25.1 Å². The lowest BCUT2D eigenvalue weighted by atomic mass is 9.97. The summed E-state index contributed by atoms with van der Waals surface area (Å²) in [6.45, 7) is 3.44. The molecule has 0 saturated carbocycles. The second-order valence-electron chi connectivity index (χ2n) is 6.53. The number of nitrogens with one attached hydrogen (secondary N) is 1. The number of rotatable bonds is 3. The molecule has 2 saturated heterocycles. The van der Waals surface area contributed by atoms with E-state index in [0.717, 1.165) is 69.1 Å². The Bertz CT molecular complexity index is 695. The third kappa shape index (κ3) is 2.86. The van der Waals surface area contributed by atoms with Gasteiger partial charge in [0.05, 0.1) is 5.56 Å². The first-order valence-electron chi connectivity index (χ1n) is 8.67. The summed E-state index contributed by atoms with van der Waals surface area (Å²) < 4.78 is 0. The summed E-state index contributed by atoms with van der Waals surface area (Å²) in [7, 11) is 0. The lowest BCUT2D eigenvalue weighted by molar-refractivity contribution is 0.0793. The highest BCUT2D eigenvalue weighted by atomic mass is 16.2. The van der Waals surface area contributed by atoms with Crippen LogP contribution in [0.3, 0.4) is 0 Å². The second-order valence-corrected chi connectivity index (χ2v) is 6.53. The fraction of sp³-hybridized carbons (Fsp3) is 0.529. The van der Waals surface area contributed by atoms with Gasteiger partial charge >= 0.3 is 0 Å². The third-order valence-corrected chi connectivity index (χ3v) is 4.95. The molecule has 7 heteroatoms. The molecule has 4 heterocycles. The fourth-order valence-corrected chi connectivity index (χ4v) is 3.71. The number of piperidine rings is 1. The molecule has 0 radical (unpaired) electrons. The van der Waals surface area contributed by atoms with Gasteiger partial charge in [0.15, 0.2) is 0 Å². The Kier molecular flexibility index (Phi) is 4.15. The van der Waals surface area contributed by atoms with E-state index in [4.69, 9.17) is 0 Å². The first-order chi connectivity index (χ1) is 11.8. The van der Waals surface area contributed by atoms with Gasteiger partial charge < -0.3 is 9.80 Å². The standard InChI is InChI=1S/C17H22N6O/c24-17(22-8-1-2-9-22)14-6-3-7-18-16(14)23-10-4-5-13(11-23)15-19-12-20-21-15/h3,6-7,12-13H,1-2,4-5,8-11H2,(H,19,20,21). The SMILES string of the molecule is O=C(c1cccnc1N1CCCC(c2ncn[nH]2)C1)N1CCCC1. The van der Waals surface area contributed by atoms with Crippen molar-refractivity contribution in [2.45, 2.75) is 31.6 Å². The van der Waals surface area contributed by atoms with Gasteiger partial charge in [-0.15, -0.1) is 0 Å². The first-order valence-corrected chi connectivity index (χ1v) is 8.67. The number of hydrogen-bond acceptors (Lipinski definition) is 5. The number of carbonyl (C=O) groups is 1. The summed E-state index contributed by atoms with van der Waals surface area (Å²) in [5.41, 5.74) is 0.720. The molecule has 2 fully saturated rings. The molecule has 2 aliphatic rings. The van der Waals surface area contributed by atoms with E-state index in [1.165, 1.54) is 0 Å². The van der Waals surface area contributed by atoms with Gasteiger partial charge in [-0.05, 0) is 37.8 Å². The van der Waals surface area contributed by atoms with E-state index >= 15 is 0 Å². The number of hydrogen-bond donors (Lipinski definition) is 1. The highest BCUT2D eigenvalue weighted by Crippen LogP contribution is 2.29. The lowest BCUT2D eigenvalue weighted by Crippen LogP contribution is -2.37. The van der Waals surface area contributed by atoms with Crippen LogP contribution in [0.15, 0.2) is 24.7 Å². The van der Waals surface area contributed by atoms with Gasteiger partial charge in [0, 0.05) is 38.3 Å². The smallest absolute Gasteiger partial charge is 0.257 e. The first kappa shape index (κ1) is 15.1. The molecule has 2 aromatic heterocycles. The highest BCUT2D eigenvalue weighted by molar-refractivity contribution is 5.99. The Morgan fingerprint density at radius 2 is 2.04 bits per heavy atom. The molecule has 0 bridgehead atoms. The van der Waals surface area contributed by atoms with E-state index in [1.807, 2.05) is 17.0 Å². The Morgan fingerprint density at radius 1 is 1.17 bits per heavy atom. The number of anilines is 1. The predicted octanol–water partition coefficient (Wildman–Crippen LogP) is 1.82. The van der Waals surface area contributed by atoms with Crippen molar-refractivity contribution < 1.29 is 4.79 Å². The van der Waals surface area contributed by atoms with Crippen LogP contribution in [0.1, 0.15) is 47.8 Å². The van der Waals surface area contributed by atoms with Crippen molar-refractivity contribution >= 4 is 11.7 Å². The Labute approximate surface area is 141 Å². The molecule has 1 atom stereocenters. The Morgan fingerprint density at radius 3 is 2.83 bits per heavy atom. The average molecular weight is 326 g/mol. The van der Waals surface area contributed by atoms with E-state index < -0.39 is 0 Å². The molecule has 0 spiro atoms. The highest BCUT2D eigenvalue weighted by Gasteiger charge is 2.28. The molecule has 24 heavy (non-hydrogen) atoms. The van der Waals surface area contributed by atoms with Crippen LogP contribution in [0, 0.1) is 0 Å². The number of pyridine rings is 1. The van der Waals surface area contributed by atoms with Crippen molar-refractivity contribution in [2.24, 2.45) is 0 Å². The minimum atomic E-state index is 0.109. The minimum Gasteiger partial charge on any atom is -0.355 e. The van der Waals surface area contributed by atoms with Crippen molar-refractivity contribution in [3.05, 3.63) is 36.0 Å². The number of carbonyl (C=O) groups excluding carboxylic acids is 1. The van der Waals surface area contributed by atoms with Gasteiger partial charge in [-0.25, -0.2) is 9.97 Å². The molecule has 1 N–H and O–H groups in total. The largest absolute Gasteiger partial charge is 0.355 e. The molecular weight excluding hydrogens is 304 g/mol. The molecule has 2 aliphatic heterocycles. The van der Waals surface area contributed by atoms with Crippen LogP contribution >= 0.6 is 0 Å². The van der Waals surface area contributed by atoms with Gasteiger partial charge in [0.1, 0.15) is 18.0 Å². The lowest BCUT2D eigenvalue weighted by Gasteiger charge is -2.33. The zero-order valence-corrected chi connectivity index (χ0v) is 13.7. The summed E-state index contributed by atoms with van der Waals surface area (Å²) in [4.78, 5) is 25.9. The maximum Gasteiger partial charge on any atom is 0.257 e. The number of aromatic amines is 1. The number of aromatic nitrogens is 4. The van der Waals surface area contributed by atoms with Crippen LogP contribution in [-0.2, 0) is 0 Å². The van der Waals surface area contributed by atoms with Gasteiger partial charge in [0.25, 0.3) is 5.91 Å². The van der Waals surface area contributed by atoms with E-state index in [9.17, 15) is 4.79 Å². The van der Waals surface area contributed by atoms with Crippen LogP contribution in [0.4, 0.5) is 5.82 Å². The molecule has 0 aromatic carbocycles. The molecule has 0 aliphatic carbocycles. The zero-order chi connectivity index (χ0) is 16.4. The molecule has 4 rings (SSSR count). The molecular formula is C17H22N6O. The normalized spacial score (nSPS) is 21.2. The van der Waals surface area contributed by atoms with Crippen LogP contribution in [0.2, 0.25) is 0 Å². The van der Waals surface area contributed by atoms with Crippen LogP contribution in [0.5, 0.6) is 0 Å². The summed E-state index contributed by atoms with van der Waals surface area (Å²) >= 11 is 0. The van der Waals surface area contributed by atoms with Crippen LogP contribution in [0.25, 0.3) is 0 Å². The minimum absolute atomic E-state index is 0.109. The summed E-state index contributed by atoms with van der Waals surface area (Å²) in [6.07, 6.45) is 7.65. The molecule has 2 aromatic rings. The predicted molar refractivity (Wildman–Crippen MR) is 89.9 cm³/mol. The average Bonchev–Trinajstić information content (AvgIpc) is 3.35. The van der Waals surface area contributed by atoms with Gasteiger partial charge in [-0.3, -0.25) is 9.89 Å². The number of likely N-dealkylation sites (tertiary alicyclic amines) is 1. The third-order valence-electron chi connectivity index (χ3n) is 4.95. The summed E-state index contributed by atoms with van der Waals surface area (Å²) in [5.74, 6) is 2.14. The maximum atomic E-state index is 12.9. The molecule has 1 amide bonds. The van der Waals surface area contributed by atoms with Crippen LogP contribution < -0.4 is 4.90 Å². The number of nitrogens with zero attached hydrogens (tertiary/aromatic N) is 5. The molecule has 126 valence electrons. The molecule has 7 nitrogen and oxygen atoms in total. The van der Waals surface area contributed by atoms with Crippen molar-refractivity contribution in [1.82, 2.24) is 25.1 Å². The van der Waals surface area contributed by atoms with Gasteiger partial charge in [-0.2, -0.15) is 5.10 Å². The Balaban J connectivity index is 1.58. The summed E-state index contributed by atoms with van der Waals surface area (Å²) in [6, 6.07) is 3.76. The monoisotopic (exact) mass is 326 g/mol. The van der Waals surface area contributed by atoms with Crippen molar-refractivity contribution in [1.29, 1.82) is 0 Å². The maximum absolute atomic E-state index is 12.9.